The fraction of sp³-hybridized carbons (Fsp3) is 0.500. The first-order valence-corrected chi connectivity index (χ1v) is 2.16. The van der Waals surface area contributed by atoms with Crippen molar-refractivity contribution >= 4 is 5.97 Å². The van der Waals surface area contributed by atoms with Gasteiger partial charge < -0.3 is 0 Å². The first-order chi connectivity index (χ1) is 2.81. The van der Waals surface area contributed by atoms with Gasteiger partial charge in [-0.2, -0.15) is 0 Å². The summed E-state index contributed by atoms with van der Waals surface area (Å²) in [5, 5.41) is 0. The first-order valence-electron chi connectivity index (χ1n) is 1.34. The minimum absolute atomic E-state index is 0.0288. The third-order valence-electron chi connectivity index (χ3n) is 0.260. The van der Waals surface area contributed by atoms with Crippen molar-refractivity contribution in [2.24, 2.45) is 5.73 Å². The van der Waals surface area contributed by atoms with E-state index in [9.17, 15) is 4.79 Å². The number of carbonyl (C=O) groups is 1. The van der Waals surface area contributed by atoms with Crippen LogP contribution < -0.4 is 5.73 Å². The Morgan fingerprint density at radius 1 is 2.00 bits per heavy atom. The van der Waals surface area contributed by atoms with Crippen molar-refractivity contribution in [3.8, 4) is 0 Å². The molecule has 0 aromatic carbocycles. The summed E-state index contributed by atoms with van der Waals surface area (Å²) in [5.74, 6) is -0.375. The van der Waals surface area contributed by atoms with Gasteiger partial charge in [-0.25, -0.2) is 0 Å². The minimum atomic E-state index is -0.375. The summed E-state index contributed by atoms with van der Waals surface area (Å²) in [6.07, 6.45) is 0. The van der Waals surface area contributed by atoms with Gasteiger partial charge in [0.05, 0.1) is 0 Å². The summed E-state index contributed by atoms with van der Waals surface area (Å²) in [7, 11) is 0. The van der Waals surface area contributed by atoms with Crippen molar-refractivity contribution < 1.29 is 28.4 Å². The second-order valence-electron chi connectivity index (χ2n) is 0.659. The van der Waals surface area contributed by atoms with E-state index in [4.69, 9.17) is 5.73 Å². The normalized spacial score (nSPS) is 7.50. The number of rotatable bonds is 1. The van der Waals surface area contributed by atoms with Gasteiger partial charge in [0.15, 0.2) is 0 Å². The maximum absolute atomic E-state index is 9.84. The van der Waals surface area contributed by atoms with Gasteiger partial charge in [0.25, 0.3) is 0 Å². The van der Waals surface area contributed by atoms with Crippen LogP contribution in [0, 0.1) is 0 Å². The van der Waals surface area contributed by atoms with Crippen LogP contribution in [0.4, 0.5) is 0 Å². The first kappa shape index (κ1) is 6.12. The molecule has 0 aliphatic rings. The van der Waals surface area contributed by atoms with Crippen molar-refractivity contribution in [3.63, 3.8) is 0 Å². The molecule has 4 heteroatoms. The molecule has 2 N–H and O–H groups in total. The molecule has 0 saturated carbocycles. The molecule has 6 heavy (non-hydrogen) atoms. The molecule has 0 amide bonds. The van der Waals surface area contributed by atoms with E-state index < -0.39 is 0 Å². The molecule has 0 bridgehead atoms. The van der Waals surface area contributed by atoms with E-state index in [-0.39, 0.29) is 12.5 Å². The molecule has 0 aliphatic carbocycles. The summed E-state index contributed by atoms with van der Waals surface area (Å²) in [4.78, 5) is 9.84. The van der Waals surface area contributed by atoms with Crippen LogP contribution >= 0.6 is 0 Å². The molecule has 0 fully saturated rings. The van der Waals surface area contributed by atoms with Crippen LogP contribution in [0.15, 0.2) is 0 Å². The third-order valence-corrected chi connectivity index (χ3v) is 0.717. The van der Waals surface area contributed by atoms with Gasteiger partial charge in [-0.15, -0.1) is 0 Å². The zero-order chi connectivity index (χ0) is 4.99. The van der Waals surface area contributed by atoms with Gasteiger partial charge in [-0.3, -0.25) is 0 Å². The Balaban J connectivity index is 2.99. The quantitative estimate of drug-likeness (QED) is 0.511. The van der Waals surface area contributed by atoms with Crippen LogP contribution in [0.5, 0.6) is 0 Å². The van der Waals surface area contributed by atoms with E-state index in [0.29, 0.717) is 0 Å². The topological polar surface area (TPSA) is 52.3 Å². The molecular weight excluding hydrogens is 166 g/mol. The summed E-state index contributed by atoms with van der Waals surface area (Å²) in [5.41, 5.74) is 4.81. The summed E-state index contributed by atoms with van der Waals surface area (Å²) in [6, 6.07) is 0. The second-order valence-corrected chi connectivity index (χ2v) is 1.07. The molecule has 35 valence electrons. The summed E-state index contributed by atoms with van der Waals surface area (Å²) >= 11 is 1.24. The average Bonchev–Trinajstić information content (AvgIpc) is 1.65. The number of carbonyl (C=O) groups excluding carboxylic acids is 1. The van der Waals surface area contributed by atoms with Crippen LogP contribution in [0.25, 0.3) is 0 Å². The van der Waals surface area contributed by atoms with Gasteiger partial charge in [0.2, 0.25) is 0 Å². The Labute approximate surface area is 47.2 Å². The molecular formula is C2H4MoNO2. The van der Waals surface area contributed by atoms with Crippen LogP contribution in [0.3, 0.4) is 0 Å². The Hall–Kier alpha value is 0.118. The summed E-state index contributed by atoms with van der Waals surface area (Å²) < 4.78 is 4.15. The molecule has 0 unspecified atom stereocenters. The molecule has 0 aromatic rings. The van der Waals surface area contributed by atoms with Gasteiger partial charge in [0, 0.05) is 0 Å². The Kier molecular flexibility index (Phi) is 3.38. The average molecular weight is 170 g/mol. The van der Waals surface area contributed by atoms with Gasteiger partial charge in [-0.1, -0.05) is 0 Å². The van der Waals surface area contributed by atoms with Crippen LogP contribution in [0.2, 0.25) is 0 Å². The molecule has 0 aromatic heterocycles. The van der Waals surface area contributed by atoms with Crippen molar-refractivity contribution in [2.45, 2.75) is 0 Å². The fourth-order valence-electron chi connectivity index (χ4n) is 0.0340. The Morgan fingerprint density at radius 3 is 2.50 bits per heavy atom. The Bertz CT molecular complexity index is 49.5. The third kappa shape index (κ3) is 2.36. The molecule has 0 atom stereocenters. The van der Waals surface area contributed by atoms with E-state index in [1.54, 1.807) is 0 Å². The fourth-order valence-corrected chi connectivity index (χ4v) is 0.201. The van der Waals surface area contributed by atoms with E-state index in [1.807, 2.05) is 0 Å². The van der Waals surface area contributed by atoms with Gasteiger partial charge in [-0.05, 0) is 0 Å². The molecule has 0 rings (SSSR count). The van der Waals surface area contributed by atoms with E-state index in [0.717, 1.165) is 0 Å². The predicted octanol–water partition coefficient (Wildman–Crippen LogP) is -1.05. The van der Waals surface area contributed by atoms with Crippen molar-refractivity contribution in [2.75, 3.05) is 6.54 Å². The number of hydrogen-bond donors (Lipinski definition) is 1. The molecule has 3 nitrogen and oxygen atoms in total. The molecule has 0 heterocycles. The van der Waals surface area contributed by atoms with Gasteiger partial charge in [0.1, 0.15) is 0 Å². The number of nitrogens with two attached hydrogens (primary N) is 1. The van der Waals surface area contributed by atoms with Crippen LogP contribution in [-0.4, -0.2) is 12.5 Å². The molecule has 0 aliphatic heterocycles. The molecule has 0 saturated heterocycles. The zero-order valence-electron chi connectivity index (χ0n) is 3.01. The van der Waals surface area contributed by atoms with Gasteiger partial charge >= 0.3 is 46.6 Å². The van der Waals surface area contributed by atoms with Crippen molar-refractivity contribution in [1.82, 2.24) is 0 Å². The zero-order valence-corrected chi connectivity index (χ0v) is 5.02. The van der Waals surface area contributed by atoms with E-state index in [2.05, 4.69) is 3.39 Å². The summed E-state index contributed by atoms with van der Waals surface area (Å²) in [6.45, 7) is -0.0288. The SMILES string of the molecule is NCC(=O)[O][Mo]. The van der Waals surface area contributed by atoms with Crippen molar-refractivity contribution in [3.05, 3.63) is 0 Å². The van der Waals surface area contributed by atoms with Crippen LogP contribution in [-0.2, 0) is 28.4 Å². The maximum atomic E-state index is 9.84. The van der Waals surface area contributed by atoms with E-state index in [1.165, 1.54) is 20.2 Å². The standard InChI is InChI=1S/C2H5NO2.Mo/c3-1-2(4)5;/h1,3H2,(H,4,5);/q;+1/p-1. The monoisotopic (exact) mass is 172 g/mol. The second kappa shape index (κ2) is 3.31. The predicted molar refractivity (Wildman–Crippen MR) is 15.1 cm³/mol. The molecule has 0 spiro atoms. The molecule has 0 radical (unpaired) electrons. The van der Waals surface area contributed by atoms with Crippen molar-refractivity contribution in [1.29, 1.82) is 0 Å². The number of hydrogen-bond acceptors (Lipinski definition) is 3. The van der Waals surface area contributed by atoms with Crippen LogP contribution in [0.1, 0.15) is 0 Å². The van der Waals surface area contributed by atoms with E-state index >= 15 is 0 Å². The Morgan fingerprint density at radius 2 is 2.50 bits per heavy atom.